The normalized spacial score (nSPS) is 21.2. The van der Waals surface area contributed by atoms with Crippen LogP contribution in [0.1, 0.15) is 29.3 Å². The van der Waals surface area contributed by atoms with E-state index >= 15 is 0 Å². The zero-order valence-corrected chi connectivity index (χ0v) is 11.2. The Morgan fingerprint density at radius 2 is 1.32 bits per heavy atom. The number of hydrogen-bond acceptors (Lipinski definition) is 5. The van der Waals surface area contributed by atoms with Crippen molar-refractivity contribution in [1.82, 2.24) is 0 Å². The monoisotopic (exact) mass is 266 g/mol. The van der Waals surface area contributed by atoms with Gasteiger partial charge in [0.05, 0.1) is 44.7 Å². The van der Waals surface area contributed by atoms with Crippen LogP contribution in [-0.2, 0) is 18.9 Å². The van der Waals surface area contributed by atoms with E-state index < -0.39 is 0 Å². The minimum absolute atomic E-state index is 0.366. The summed E-state index contributed by atoms with van der Waals surface area (Å²) in [5, 5.41) is 0. The smallest absolute Gasteiger partial charge is 0.187 e. The molecular formula is C14H18O5. The van der Waals surface area contributed by atoms with Gasteiger partial charge in [-0.25, -0.2) is 0 Å². The summed E-state index contributed by atoms with van der Waals surface area (Å²) in [5.41, 5.74) is 2.90. The van der Waals surface area contributed by atoms with Crippen molar-refractivity contribution >= 4 is 0 Å². The van der Waals surface area contributed by atoms with Crippen molar-refractivity contribution in [3.8, 4) is 5.75 Å². The van der Waals surface area contributed by atoms with E-state index in [1.165, 1.54) is 0 Å². The molecule has 0 amide bonds. The molecule has 2 heterocycles. The molecule has 3 rings (SSSR count). The third kappa shape index (κ3) is 2.47. The summed E-state index contributed by atoms with van der Waals surface area (Å²) >= 11 is 0. The topological polar surface area (TPSA) is 46.2 Å². The molecule has 2 aliphatic rings. The molecule has 0 radical (unpaired) electrons. The van der Waals surface area contributed by atoms with Gasteiger partial charge in [0, 0.05) is 0 Å². The number of rotatable bonds is 3. The number of ether oxygens (including phenoxy) is 5. The van der Waals surface area contributed by atoms with Gasteiger partial charge < -0.3 is 23.7 Å². The predicted octanol–water partition coefficient (Wildman–Crippen LogP) is 2.09. The first-order valence-corrected chi connectivity index (χ1v) is 6.44. The van der Waals surface area contributed by atoms with Crippen LogP contribution in [0.5, 0.6) is 5.75 Å². The quantitative estimate of drug-likeness (QED) is 0.838. The fraction of sp³-hybridized carbons (Fsp3) is 0.571. The van der Waals surface area contributed by atoms with Crippen LogP contribution in [0, 0.1) is 6.92 Å². The Hall–Kier alpha value is -1.14. The zero-order chi connectivity index (χ0) is 13.2. The molecule has 0 N–H and O–H groups in total. The van der Waals surface area contributed by atoms with E-state index in [9.17, 15) is 0 Å². The van der Waals surface area contributed by atoms with Crippen LogP contribution in [0.25, 0.3) is 0 Å². The zero-order valence-electron chi connectivity index (χ0n) is 11.2. The number of benzene rings is 1. The minimum atomic E-state index is -0.366. The van der Waals surface area contributed by atoms with Gasteiger partial charge in [0.15, 0.2) is 12.6 Å². The molecule has 0 unspecified atom stereocenters. The Labute approximate surface area is 112 Å². The maximum atomic E-state index is 5.57. The Bertz CT molecular complexity index is 410. The van der Waals surface area contributed by atoms with Gasteiger partial charge in [0.1, 0.15) is 5.75 Å². The summed E-state index contributed by atoms with van der Waals surface area (Å²) in [6.45, 7) is 4.44. The summed E-state index contributed by atoms with van der Waals surface area (Å²) < 4.78 is 27.8. The summed E-state index contributed by atoms with van der Waals surface area (Å²) in [6, 6.07) is 4.04. The van der Waals surface area contributed by atoms with E-state index in [-0.39, 0.29) is 12.6 Å². The molecule has 0 saturated carbocycles. The molecule has 0 bridgehead atoms. The molecule has 19 heavy (non-hydrogen) atoms. The second kappa shape index (κ2) is 5.46. The summed E-state index contributed by atoms with van der Waals surface area (Å²) in [5.74, 6) is 0.726. The number of hydrogen-bond donors (Lipinski definition) is 0. The SMILES string of the molecule is COc1c(C2OCCO2)cc(C)cc1C1OCCO1. The van der Waals surface area contributed by atoms with Crippen molar-refractivity contribution < 1.29 is 23.7 Å². The fourth-order valence-electron chi connectivity index (χ4n) is 2.49. The van der Waals surface area contributed by atoms with Crippen LogP contribution >= 0.6 is 0 Å². The maximum Gasteiger partial charge on any atom is 0.187 e. The van der Waals surface area contributed by atoms with Crippen LogP contribution in [0.15, 0.2) is 12.1 Å². The van der Waals surface area contributed by atoms with E-state index in [0.29, 0.717) is 26.4 Å². The molecule has 0 atom stereocenters. The van der Waals surface area contributed by atoms with Gasteiger partial charge in [-0.1, -0.05) is 0 Å². The predicted molar refractivity (Wildman–Crippen MR) is 67.0 cm³/mol. The molecule has 0 aromatic heterocycles. The summed E-state index contributed by atoms with van der Waals surface area (Å²) in [4.78, 5) is 0. The standard InChI is InChI=1S/C14H18O5/c1-9-7-10(13-16-3-4-17-13)12(15-2)11(8-9)14-18-5-6-19-14/h7-8,13-14H,3-6H2,1-2H3. The van der Waals surface area contributed by atoms with Crippen LogP contribution in [0.4, 0.5) is 0 Å². The maximum absolute atomic E-state index is 5.57. The van der Waals surface area contributed by atoms with E-state index in [1.54, 1.807) is 7.11 Å². The Kier molecular flexibility index (Phi) is 3.70. The lowest BCUT2D eigenvalue weighted by molar-refractivity contribution is -0.0519. The average molecular weight is 266 g/mol. The van der Waals surface area contributed by atoms with Gasteiger partial charge >= 0.3 is 0 Å². The van der Waals surface area contributed by atoms with Crippen LogP contribution in [0.2, 0.25) is 0 Å². The Balaban J connectivity index is 2.02. The van der Waals surface area contributed by atoms with E-state index in [1.807, 2.05) is 19.1 Å². The molecule has 2 fully saturated rings. The van der Waals surface area contributed by atoms with Gasteiger partial charge in [-0.05, 0) is 24.6 Å². The van der Waals surface area contributed by atoms with Crippen molar-refractivity contribution in [1.29, 1.82) is 0 Å². The van der Waals surface area contributed by atoms with Crippen LogP contribution in [0.3, 0.4) is 0 Å². The third-order valence-electron chi connectivity index (χ3n) is 3.25. The van der Waals surface area contributed by atoms with Crippen molar-refractivity contribution in [3.05, 3.63) is 28.8 Å². The molecule has 0 aliphatic carbocycles. The van der Waals surface area contributed by atoms with Gasteiger partial charge in [-0.3, -0.25) is 0 Å². The molecule has 5 heteroatoms. The highest BCUT2D eigenvalue weighted by Gasteiger charge is 2.29. The van der Waals surface area contributed by atoms with E-state index in [4.69, 9.17) is 23.7 Å². The second-order valence-electron chi connectivity index (χ2n) is 4.62. The lowest BCUT2D eigenvalue weighted by Gasteiger charge is -2.20. The number of methoxy groups -OCH3 is 1. The molecule has 1 aromatic carbocycles. The van der Waals surface area contributed by atoms with Crippen molar-refractivity contribution in [2.24, 2.45) is 0 Å². The summed E-state index contributed by atoms with van der Waals surface area (Å²) in [6.07, 6.45) is -0.731. The van der Waals surface area contributed by atoms with Gasteiger partial charge in [0.2, 0.25) is 0 Å². The second-order valence-corrected chi connectivity index (χ2v) is 4.62. The average Bonchev–Trinajstić information content (AvgIpc) is 3.11. The van der Waals surface area contributed by atoms with Gasteiger partial charge in [-0.15, -0.1) is 0 Å². The highest BCUT2D eigenvalue weighted by atomic mass is 16.7. The molecule has 104 valence electrons. The van der Waals surface area contributed by atoms with Crippen molar-refractivity contribution in [2.45, 2.75) is 19.5 Å². The van der Waals surface area contributed by atoms with Gasteiger partial charge in [-0.2, -0.15) is 0 Å². The Morgan fingerprint density at radius 3 is 1.68 bits per heavy atom. The largest absolute Gasteiger partial charge is 0.496 e. The molecule has 2 aliphatic heterocycles. The first kappa shape index (κ1) is 12.9. The third-order valence-corrected chi connectivity index (χ3v) is 3.25. The molecule has 1 aromatic rings. The lowest BCUT2D eigenvalue weighted by Crippen LogP contribution is -2.08. The first-order valence-electron chi connectivity index (χ1n) is 6.44. The highest BCUT2D eigenvalue weighted by Crippen LogP contribution is 2.39. The van der Waals surface area contributed by atoms with E-state index in [0.717, 1.165) is 22.4 Å². The molecule has 0 spiro atoms. The minimum Gasteiger partial charge on any atom is -0.496 e. The first-order chi connectivity index (χ1) is 9.29. The summed E-state index contributed by atoms with van der Waals surface area (Å²) in [7, 11) is 1.64. The van der Waals surface area contributed by atoms with Crippen LogP contribution < -0.4 is 4.74 Å². The number of aryl methyl sites for hydroxylation is 1. The fourth-order valence-corrected chi connectivity index (χ4v) is 2.49. The van der Waals surface area contributed by atoms with Gasteiger partial charge in [0.25, 0.3) is 0 Å². The Morgan fingerprint density at radius 1 is 0.895 bits per heavy atom. The molecular weight excluding hydrogens is 248 g/mol. The van der Waals surface area contributed by atoms with E-state index in [2.05, 4.69) is 0 Å². The molecule has 2 saturated heterocycles. The van der Waals surface area contributed by atoms with Crippen molar-refractivity contribution in [2.75, 3.05) is 33.5 Å². The molecule has 5 nitrogen and oxygen atoms in total. The lowest BCUT2D eigenvalue weighted by atomic mass is 10.0. The van der Waals surface area contributed by atoms with Crippen molar-refractivity contribution in [3.63, 3.8) is 0 Å². The highest BCUT2D eigenvalue weighted by molar-refractivity contribution is 5.46. The van der Waals surface area contributed by atoms with Crippen LogP contribution in [-0.4, -0.2) is 33.5 Å².